The molecular formula is C9H18N2O. The number of likely N-dealkylation sites (N-methyl/N-ethyl adjacent to an activating group) is 1. The van der Waals surface area contributed by atoms with E-state index in [1.807, 2.05) is 7.05 Å². The van der Waals surface area contributed by atoms with Crippen LogP contribution in [0.1, 0.15) is 19.8 Å². The number of nitrogens with one attached hydrogen (secondary N) is 1. The van der Waals surface area contributed by atoms with Gasteiger partial charge in [-0.25, -0.2) is 0 Å². The summed E-state index contributed by atoms with van der Waals surface area (Å²) >= 11 is 0. The molecule has 0 saturated heterocycles. The second-order valence-corrected chi connectivity index (χ2v) is 2.94. The minimum absolute atomic E-state index is 0.0889. The zero-order valence-corrected chi connectivity index (χ0v) is 7.89. The molecule has 0 bridgehead atoms. The molecule has 3 nitrogen and oxygen atoms in total. The Labute approximate surface area is 74.0 Å². The van der Waals surface area contributed by atoms with Crippen molar-refractivity contribution < 1.29 is 4.79 Å². The maximum absolute atomic E-state index is 10.8. The van der Waals surface area contributed by atoms with Crippen LogP contribution in [0.4, 0.5) is 0 Å². The Morgan fingerprint density at radius 2 is 2.25 bits per heavy atom. The Balaban J connectivity index is 3.96. The summed E-state index contributed by atoms with van der Waals surface area (Å²) in [5.74, 6) is 0.174. The molecule has 70 valence electrons. The molecule has 1 atom stereocenters. The molecule has 0 amide bonds. The van der Waals surface area contributed by atoms with Gasteiger partial charge in [0.2, 0.25) is 0 Å². The van der Waals surface area contributed by atoms with Crippen LogP contribution in [0.2, 0.25) is 0 Å². The first-order valence-electron chi connectivity index (χ1n) is 4.16. The lowest BCUT2D eigenvalue weighted by Gasteiger charge is -2.16. The number of carbonyl (C=O) groups is 1. The molecule has 0 aliphatic carbocycles. The van der Waals surface area contributed by atoms with Crippen molar-refractivity contribution in [2.75, 3.05) is 13.6 Å². The van der Waals surface area contributed by atoms with Gasteiger partial charge in [0, 0.05) is 12.5 Å². The van der Waals surface area contributed by atoms with E-state index in [-0.39, 0.29) is 11.8 Å². The summed E-state index contributed by atoms with van der Waals surface area (Å²) in [6.45, 7) is 6.05. The Kier molecular flexibility index (Phi) is 5.58. The Hall–Kier alpha value is -0.670. The Morgan fingerprint density at radius 3 is 2.58 bits per heavy atom. The molecule has 0 spiro atoms. The number of rotatable bonds is 6. The second-order valence-electron chi connectivity index (χ2n) is 2.94. The molecule has 0 aromatic heterocycles. The van der Waals surface area contributed by atoms with E-state index < -0.39 is 0 Å². The number of hydrogen-bond acceptors (Lipinski definition) is 3. The van der Waals surface area contributed by atoms with Crippen LogP contribution < -0.4 is 11.1 Å². The van der Waals surface area contributed by atoms with Crippen molar-refractivity contribution >= 4 is 5.78 Å². The van der Waals surface area contributed by atoms with Gasteiger partial charge in [-0.3, -0.25) is 4.79 Å². The molecule has 0 heterocycles. The third-order valence-corrected chi connectivity index (χ3v) is 1.80. The summed E-state index contributed by atoms with van der Waals surface area (Å²) in [6, 6.07) is 0.0889. The fourth-order valence-electron chi connectivity index (χ4n) is 1.10. The first-order chi connectivity index (χ1) is 5.61. The molecule has 0 unspecified atom stereocenters. The Morgan fingerprint density at radius 1 is 1.67 bits per heavy atom. The van der Waals surface area contributed by atoms with E-state index in [9.17, 15) is 4.79 Å². The number of hydrogen-bond donors (Lipinski definition) is 2. The van der Waals surface area contributed by atoms with E-state index in [0.717, 1.165) is 12.0 Å². The van der Waals surface area contributed by atoms with Crippen LogP contribution >= 0.6 is 0 Å². The molecule has 0 aromatic rings. The van der Waals surface area contributed by atoms with E-state index in [1.165, 1.54) is 0 Å². The fraction of sp³-hybridized carbons (Fsp3) is 0.667. The zero-order valence-electron chi connectivity index (χ0n) is 7.89. The van der Waals surface area contributed by atoms with Crippen molar-refractivity contribution in [3.63, 3.8) is 0 Å². The maximum Gasteiger partial charge on any atom is 0.131 e. The van der Waals surface area contributed by atoms with Gasteiger partial charge in [-0.2, -0.15) is 0 Å². The van der Waals surface area contributed by atoms with Crippen molar-refractivity contribution in [1.29, 1.82) is 0 Å². The lowest BCUT2D eigenvalue weighted by Crippen LogP contribution is -2.30. The van der Waals surface area contributed by atoms with E-state index in [1.54, 1.807) is 6.92 Å². The Bertz CT molecular complexity index is 166. The van der Waals surface area contributed by atoms with Gasteiger partial charge >= 0.3 is 0 Å². The van der Waals surface area contributed by atoms with Crippen LogP contribution in [-0.2, 0) is 4.79 Å². The van der Waals surface area contributed by atoms with E-state index in [0.29, 0.717) is 13.0 Å². The number of nitrogens with two attached hydrogens (primary N) is 1. The lowest BCUT2D eigenvalue weighted by molar-refractivity contribution is -0.117. The molecular weight excluding hydrogens is 152 g/mol. The highest BCUT2D eigenvalue weighted by molar-refractivity contribution is 5.76. The van der Waals surface area contributed by atoms with Gasteiger partial charge in [-0.1, -0.05) is 12.2 Å². The molecule has 0 saturated carbocycles. The molecule has 0 rings (SSSR count). The quantitative estimate of drug-likeness (QED) is 0.569. The van der Waals surface area contributed by atoms with Crippen molar-refractivity contribution in [1.82, 2.24) is 5.32 Å². The lowest BCUT2D eigenvalue weighted by atomic mass is 10.0. The van der Waals surface area contributed by atoms with Crippen LogP contribution in [0.25, 0.3) is 0 Å². The SMILES string of the molecule is C=C(CCN)[C@@H](CC(C)=O)NC. The molecule has 0 aliphatic heterocycles. The van der Waals surface area contributed by atoms with E-state index >= 15 is 0 Å². The van der Waals surface area contributed by atoms with Crippen LogP contribution in [0.15, 0.2) is 12.2 Å². The first-order valence-corrected chi connectivity index (χ1v) is 4.16. The molecule has 0 radical (unpaired) electrons. The molecule has 0 aromatic carbocycles. The van der Waals surface area contributed by atoms with Crippen LogP contribution in [-0.4, -0.2) is 25.4 Å². The van der Waals surface area contributed by atoms with E-state index in [2.05, 4.69) is 11.9 Å². The summed E-state index contributed by atoms with van der Waals surface area (Å²) in [7, 11) is 1.83. The summed E-state index contributed by atoms with van der Waals surface area (Å²) in [5.41, 5.74) is 6.39. The average molecular weight is 170 g/mol. The van der Waals surface area contributed by atoms with Crippen molar-refractivity contribution in [3.05, 3.63) is 12.2 Å². The minimum Gasteiger partial charge on any atom is -0.330 e. The molecule has 0 fully saturated rings. The third-order valence-electron chi connectivity index (χ3n) is 1.80. The molecule has 0 aliphatic rings. The van der Waals surface area contributed by atoms with Crippen LogP contribution in [0.3, 0.4) is 0 Å². The predicted molar refractivity (Wildman–Crippen MR) is 51.0 cm³/mol. The average Bonchev–Trinajstić information content (AvgIpc) is 2.00. The third kappa shape index (κ3) is 4.26. The minimum atomic E-state index is 0.0889. The van der Waals surface area contributed by atoms with E-state index in [4.69, 9.17) is 5.73 Å². The van der Waals surface area contributed by atoms with Gasteiger partial charge in [-0.05, 0) is 26.9 Å². The summed E-state index contributed by atoms with van der Waals surface area (Å²) in [6.07, 6.45) is 1.29. The van der Waals surface area contributed by atoms with Gasteiger partial charge in [0.05, 0.1) is 0 Å². The molecule has 3 heteroatoms. The van der Waals surface area contributed by atoms with Crippen molar-refractivity contribution in [2.24, 2.45) is 5.73 Å². The highest BCUT2D eigenvalue weighted by Crippen LogP contribution is 2.07. The van der Waals surface area contributed by atoms with Gasteiger partial charge in [0.15, 0.2) is 0 Å². The standard InChI is InChI=1S/C9H18N2O/c1-7(4-5-10)9(11-3)6-8(2)12/h9,11H,1,4-6,10H2,2-3H3/t9-/m1/s1. The largest absolute Gasteiger partial charge is 0.330 e. The summed E-state index contributed by atoms with van der Waals surface area (Å²) in [5, 5.41) is 3.04. The zero-order chi connectivity index (χ0) is 9.56. The van der Waals surface area contributed by atoms with Crippen LogP contribution in [0.5, 0.6) is 0 Å². The highest BCUT2D eigenvalue weighted by Gasteiger charge is 2.11. The van der Waals surface area contributed by atoms with Crippen molar-refractivity contribution in [2.45, 2.75) is 25.8 Å². The molecule has 3 N–H and O–H groups in total. The van der Waals surface area contributed by atoms with Gasteiger partial charge in [-0.15, -0.1) is 0 Å². The van der Waals surface area contributed by atoms with Gasteiger partial charge < -0.3 is 11.1 Å². The smallest absolute Gasteiger partial charge is 0.131 e. The number of ketones is 1. The van der Waals surface area contributed by atoms with Gasteiger partial charge in [0.1, 0.15) is 5.78 Å². The number of Topliss-reactive ketones (excluding diaryl/α,β-unsaturated/α-hetero) is 1. The normalized spacial score (nSPS) is 12.6. The van der Waals surface area contributed by atoms with Crippen LogP contribution in [0, 0.1) is 0 Å². The second kappa shape index (κ2) is 5.91. The molecule has 12 heavy (non-hydrogen) atoms. The predicted octanol–water partition coefficient (Wildman–Crippen LogP) is 0.459. The fourth-order valence-corrected chi connectivity index (χ4v) is 1.10. The topological polar surface area (TPSA) is 55.1 Å². The number of carbonyl (C=O) groups excluding carboxylic acids is 1. The first kappa shape index (κ1) is 11.3. The van der Waals surface area contributed by atoms with Gasteiger partial charge in [0.25, 0.3) is 0 Å². The summed E-state index contributed by atoms with van der Waals surface area (Å²) < 4.78 is 0. The summed E-state index contributed by atoms with van der Waals surface area (Å²) in [4.78, 5) is 10.8. The monoisotopic (exact) mass is 170 g/mol. The van der Waals surface area contributed by atoms with Crippen molar-refractivity contribution in [3.8, 4) is 0 Å². The maximum atomic E-state index is 10.8. The highest BCUT2D eigenvalue weighted by atomic mass is 16.1.